The summed E-state index contributed by atoms with van der Waals surface area (Å²) in [6.07, 6.45) is -1.33. The lowest BCUT2D eigenvalue weighted by molar-refractivity contribution is -0.142. The lowest BCUT2D eigenvalue weighted by atomic mass is 9.97. The van der Waals surface area contributed by atoms with E-state index < -0.39 is 64.2 Å². The molecule has 0 bridgehead atoms. The van der Waals surface area contributed by atoms with Crippen molar-refractivity contribution in [3.63, 3.8) is 0 Å². The van der Waals surface area contributed by atoms with Crippen molar-refractivity contribution < 1.29 is 35.9 Å². The van der Waals surface area contributed by atoms with Gasteiger partial charge in [0, 0.05) is 29.4 Å². The van der Waals surface area contributed by atoms with Gasteiger partial charge >= 0.3 is 6.18 Å². The summed E-state index contributed by atoms with van der Waals surface area (Å²) < 4.78 is 84.1. The Bertz CT molecular complexity index is 1860. The third-order valence-electron chi connectivity index (χ3n) is 5.98. The maximum absolute atomic E-state index is 14.2. The van der Waals surface area contributed by atoms with Crippen molar-refractivity contribution in [3.05, 3.63) is 106 Å². The highest BCUT2D eigenvalue weighted by atomic mass is 19.4. The highest BCUT2D eigenvalue weighted by Crippen LogP contribution is 2.31. The predicted molar refractivity (Wildman–Crippen MR) is 154 cm³/mol. The van der Waals surface area contributed by atoms with Gasteiger partial charge in [0.25, 0.3) is 5.91 Å². The molecule has 0 fully saturated rings. The van der Waals surface area contributed by atoms with Crippen molar-refractivity contribution in [1.29, 1.82) is 0 Å². The van der Waals surface area contributed by atoms with Crippen molar-refractivity contribution in [1.82, 2.24) is 20.1 Å². The number of aromatic nitrogens is 3. The Morgan fingerprint density at radius 2 is 1.71 bits per heavy atom. The fourth-order valence-corrected chi connectivity index (χ4v) is 4.12. The van der Waals surface area contributed by atoms with Crippen LogP contribution in [0.25, 0.3) is 22.9 Å². The zero-order chi connectivity index (χ0) is 33.1. The van der Waals surface area contributed by atoms with Gasteiger partial charge < -0.3 is 11.1 Å². The van der Waals surface area contributed by atoms with Crippen LogP contribution < -0.4 is 11.1 Å². The minimum Gasteiger partial charge on any atom is -0.366 e. The van der Waals surface area contributed by atoms with Gasteiger partial charge in [0.1, 0.15) is 24.0 Å². The number of carbonyl (C=O) groups is 2. The van der Waals surface area contributed by atoms with Gasteiger partial charge in [-0.05, 0) is 68.3 Å². The van der Waals surface area contributed by atoms with Crippen molar-refractivity contribution in [3.8, 4) is 23.0 Å². The molecular weight excluding hydrogens is 600 g/mol. The summed E-state index contributed by atoms with van der Waals surface area (Å²) in [6.45, 7) is 4.45. The van der Waals surface area contributed by atoms with E-state index in [9.17, 15) is 35.9 Å². The molecule has 2 heterocycles. The van der Waals surface area contributed by atoms with Crippen molar-refractivity contribution in [2.24, 2.45) is 11.1 Å². The van der Waals surface area contributed by atoms with E-state index in [1.807, 2.05) is 0 Å². The van der Waals surface area contributed by atoms with Crippen LogP contribution in [0.2, 0.25) is 0 Å². The first-order valence-corrected chi connectivity index (χ1v) is 13.2. The summed E-state index contributed by atoms with van der Waals surface area (Å²) in [6, 6.07) is 9.13. The number of rotatable bonds is 7. The van der Waals surface area contributed by atoms with E-state index in [-0.39, 0.29) is 28.1 Å². The molecule has 0 spiro atoms. The first kappa shape index (κ1) is 32.5. The highest BCUT2D eigenvalue weighted by molar-refractivity contribution is 5.97. The lowest BCUT2D eigenvalue weighted by Crippen LogP contribution is -2.27. The van der Waals surface area contributed by atoms with E-state index in [4.69, 9.17) is 5.73 Å². The Labute approximate surface area is 253 Å². The number of amides is 2. The molecular formula is C32H25F6N5O2. The molecule has 7 nitrogen and oxygen atoms in total. The molecule has 0 atom stereocenters. The number of benzene rings is 2. The predicted octanol–water partition coefficient (Wildman–Crippen LogP) is 6.19. The number of nitrogens with zero attached hydrogens (tertiary/aromatic N) is 3. The molecule has 0 aliphatic rings. The van der Waals surface area contributed by atoms with E-state index in [2.05, 4.69) is 27.2 Å². The van der Waals surface area contributed by atoms with Gasteiger partial charge in [-0.2, -0.15) is 18.3 Å². The number of hydrogen-bond acceptors (Lipinski definition) is 4. The van der Waals surface area contributed by atoms with Gasteiger partial charge in [-0.1, -0.05) is 24.0 Å². The lowest BCUT2D eigenvalue weighted by Gasteiger charge is -2.15. The standard InChI is InChI=1S/C32H25F6N5O2/c1-31(2,3)9-8-20-16-43(42-29(20)32(36,37)38)17-27(44)41-26(13-18-11-21(33)15-22(34)12-18)28-23(5-4-10-40-28)19-6-7-25(35)24(14-19)30(39)45/h4-7,10-16H,17H2,1-3H3,(H2,39,45)(H,41,44)/b26-13-. The molecule has 4 rings (SSSR count). The molecule has 0 aliphatic heterocycles. The van der Waals surface area contributed by atoms with Crippen LogP contribution in [-0.4, -0.2) is 26.6 Å². The van der Waals surface area contributed by atoms with Gasteiger partial charge in [0.15, 0.2) is 5.69 Å². The van der Waals surface area contributed by atoms with E-state index in [0.29, 0.717) is 6.07 Å². The Kier molecular flexibility index (Phi) is 9.18. The molecule has 0 aliphatic carbocycles. The van der Waals surface area contributed by atoms with Crippen LogP contribution in [0.5, 0.6) is 0 Å². The van der Waals surface area contributed by atoms with Gasteiger partial charge in [0.2, 0.25) is 5.91 Å². The number of alkyl halides is 3. The van der Waals surface area contributed by atoms with Crippen LogP contribution in [0.1, 0.15) is 53.6 Å². The van der Waals surface area contributed by atoms with E-state index in [1.54, 1.807) is 20.8 Å². The third-order valence-corrected chi connectivity index (χ3v) is 5.98. The molecule has 0 saturated carbocycles. The zero-order valence-electron chi connectivity index (χ0n) is 24.1. The van der Waals surface area contributed by atoms with Crippen LogP contribution in [0.4, 0.5) is 26.3 Å². The average Bonchev–Trinajstić information content (AvgIpc) is 3.34. The summed E-state index contributed by atoms with van der Waals surface area (Å²) in [5.74, 6) is 0.549. The fourth-order valence-electron chi connectivity index (χ4n) is 4.12. The van der Waals surface area contributed by atoms with Gasteiger partial charge in [0.05, 0.1) is 22.5 Å². The van der Waals surface area contributed by atoms with Crippen molar-refractivity contribution in [2.45, 2.75) is 33.5 Å². The summed E-state index contributed by atoms with van der Waals surface area (Å²) in [7, 11) is 0. The number of primary amides is 1. The number of carbonyl (C=O) groups excluding carboxylic acids is 2. The topological polar surface area (TPSA) is 103 Å². The monoisotopic (exact) mass is 625 g/mol. The number of pyridine rings is 1. The van der Waals surface area contributed by atoms with Crippen LogP contribution >= 0.6 is 0 Å². The summed E-state index contributed by atoms with van der Waals surface area (Å²) in [5.41, 5.74) is 2.92. The molecule has 2 amide bonds. The third kappa shape index (κ3) is 8.38. The van der Waals surface area contributed by atoms with Crippen molar-refractivity contribution >= 4 is 23.6 Å². The summed E-state index contributed by atoms with van der Waals surface area (Å²) in [4.78, 5) is 29.3. The Hall–Kier alpha value is -5.38. The first-order valence-electron chi connectivity index (χ1n) is 13.2. The number of nitrogens with one attached hydrogen (secondary N) is 1. The number of nitrogens with two attached hydrogens (primary N) is 1. The molecule has 2 aromatic heterocycles. The Balaban J connectivity index is 1.78. The van der Waals surface area contributed by atoms with Gasteiger partial charge in [-0.3, -0.25) is 19.3 Å². The largest absolute Gasteiger partial charge is 0.436 e. The van der Waals surface area contributed by atoms with E-state index in [1.165, 1.54) is 36.5 Å². The molecule has 2 aromatic carbocycles. The van der Waals surface area contributed by atoms with E-state index in [0.717, 1.165) is 29.1 Å². The van der Waals surface area contributed by atoms with Crippen LogP contribution in [0, 0.1) is 34.7 Å². The number of hydrogen-bond donors (Lipinski definition) is 2. The highest BCUT2D eigenvalue weighted by Gasteiger charge is 2.37. The average molecular weight is 626 g/mol. The van der Waals surface area contributed by atoms with Crippen LogP contribution in [0.15, 0.2) is 60.9 Å². The normalized spacial score (nSPS) is 12.0. The molecule has 45 heavy (non-hydrogen) atoms. The maximum atomic E-state index is 14.2. The quantitative estimate of drug-likeness (QED) is 0.189. The minimum absolute atomic E-state index is 0.0192. The minimum atomic E-state index is -4.85. The molecule has 0 radical (unpaired) electrons. The molecule has 0 saturated heterocycles. The second kappa shape index (κ2) is 12.7. The second-order valence-corrected chi connectivity index (χ2v) is 10.9. The number of halogens is 6. The summed E-state index contributed by atoms with van der Waals surface area (Å²) in [5, 5.41) is 6.05. The Morgan fingerprint density at radius 3 is 2.33 bits per heavy atom. The first-order chi connectivity index (χ1) is 21.0. The zero-order valence-corrected chi connectivity index (χ0v) is 24.1. The SMILES string of the molecule is CC(C)(C)C#Cc1cn(CC(=O)N/C(=C\c2cc(F)cc(F)c2)c2ncccc2-c2ccc(F)c(C(N)=O)c2)nc1C(F)(F)F. The van der Waals surface area contributed by atoms with Gasteiger partial charge in [-0.15, -0.1) is 0 Å². The molecule has 13 heteroatoms. The van der Waals surface area contributed by atoms with Crippen LogP contribution in [0.3, 0.4) is 0 Å². The maximum Gasteiger partial charge on any atom is 0.436 e. The van der Waals surface area contributed by atoms with Gasteiger partial charge in [-0.25, -0.2) is 13.2 Å². The molecule has 232 valence electrons. The Morgan fingerprint density at radius 1 is 1.02 bits per heavy atom. The van der Waals surface area contributed by atoms with Crippen LogP contribution in [-0.2, 0) is 17.5 Å². The van der Waals surface area contributed by atoms with Crippen molar-refractivity contribution in [2.75, 3.05) is 0 Å². The second-order valence-electron chi connectivity index (χ2n) is 10.9. The fraction of sp³-hybridized carbons (Fsp3) is 0.188. The molecule has 3 N–H and O–H groups in total. The van der Waals surface area contributed by atoms with E-state index >= 15 is 0 Å². The molecule has 0 unspecified atom stereocenters. The smallest absolute Gasteiger partial charge is 0.366 e. The molecule has 4 aromatic rings. The summed E-state index contributed by atoms with van der Waals surface area (Å²) >= 11 is 0.